The summed E-state index contributed by atoms with van der Waals surface area (Å²) < 4.78 is 78.7. The topological polar surface area (TPSA) is 32.3 Å². The monoisotopic (exact) mass is 556 g/mol. The SMILES string of the molecule is O=C(Nc1cccc(C(F)(F)F)c1)N(CCC(c1ccccc1)c1ccccc1)Cc1ccc(C(F)(F)F)cc1. The molecule has 3 nitrogen and oxygen atoms in total. The Balaban J connectivity index is 1.59. The highest BCUT2D eigenvalue weighted by Gasteiger charge is 2.31. The van der Waals surface area contributed by atoms with Crippen LogP contribution in [0.1, 0.15) is 40.2 Å². The molecule has 4 aromatic carbocycles. The molecule has 40 heavy (non-hydrogen) atoms. The summed E-state index contributed by atoms with van der Waals surface area (Å²) in [5.41, 5.74) is 0.711. The third-order valence-corrected chi connectivity index (χ3v) is 6.47. The van der Waals surface area contributed by atoms with Crippen LogP contribution in [0.15, 0.2) is 109 Å². The van der Waals surface area contributed by atoms with Gasteiger partial charge < -0.3 is 10.2 Å². The molecule has 0 spiro atoms. The lowest BCUT2D eigenvalue weighted by molar-refractivity contribution is -0.138. The molecule has 0 saturated carbocycles. The van der Waals surface area contributed by atoms with Gasteiger partial charge in [-0.2, -0.15) is 26.3 Å². The van der Waals surface area contributed by atoms with E-state index in [1.54, 1.807) is 0 Å². The lowest BCUT2D eigenvalue weighted by atomic mass is 9.88. The number of anilines is 1. The van der Waals surface area contributed by atoms with Crippen LogP contribution in [0.4, 0.5) is 36.8 Å². The summed E-state index contributed by atoms with van der Waals surface area (Å²) in [5.74, 6) is -0.0983. The Bertz CT molecular complexity index is 1350. The van der Waals surface area contributed by atoms with E-state index in [0.717, 1.165) is 35.4 Å². The van der Waals surface area contributed by atoms with Crippen molar-refractivity contribution in [2.24, 2.45) is 0 Å². The van der Waals surface area contributed by atoms with Gasteiger partial charge in [0.15, 0.2) is 0 Å². The van der Waals surface area contributed by atoms with Crippen molar-refractivity contribution >= 4 is 11.7 Å². The first kappa shape index (κ1) is 28.7. The third-order valence-electron chi connectivity index (χ3n) is 6.47. The molecule has 2 amide bonds. The van der Waals surface area contributed by atoms with Crippen LogP contribution >= 0.6 is 0 Å². The van der Waals surface area contributed by atoms with Crippen LogP contribution in [0.25, 0.3) is 0 Å². The molecule has 0 saturated heterocycles. The number of nitrogens with zero attached hydrogens (tertiary/aromatic N) is 1. The summed E-state index contributed by atoms with van der Waals surface area (Å²) in [4.78, 5) is 14.7. The van der Waals surface area contributed by atoms with Gasteiger partial charge in [0.1, 0.15) is 0 Å². The normalized spacial score (nSPS) is 11.9. The third kappa shape index (κ3) is 7.65. The van der Waals surface area contributed by atoms with Crippen molar-refractivity contribution in [2.45, 2.75) is 31.2 Å². The number of carbonyl (C=O) groups excluding carboxylic acids is 1. The molecule has 4 rings (SSSR count). The number of nitrogens with one attached hydrogen (secondary N) is 1. The first-order valence-corrected chi connectivity index (χ1v) is 12.5. The predicted octanol–water partition coefficient (Wildman–Crippen LogP) is 8.98. The summed E-state index contributed by atoms with van der Waals surface area (Å²) in [6.45, 7) is 0.138. The summed E-state index contributed by atoms with van der Waals surface area (Å²) in [6, 6.07) is 27.4. The number of carbonyl (C=O) groups is 1. The molecule has 0 aliphatic rings. The fourth-order valence-corrected chi connectivity index (χ4v) is 4.43. The van der Waals surface area contributed by atoms with Gasteiger partial charge in [0.05, 0.1) is 11.1 Å². The number of alkyl halides is 6. The maximum atomic E-state index is 13.3. The lowest BCUT2D eigenvalue weighted by Gasteiger charge is -2.27. The van der Waals surface area contributed by atoms with E-state index in [2.05, 4.69) is 5.32 Å². The number of amides is 2. The Kier molecular flexibility index (Phi) is 8.82. The molecule has 9 heteroatoms. The Morgan fingerprint density at radius 2 is 1.23 bits per heavy atom. The van der Waals surface area contributed by atoms with Gasteiger partial charge in [-0.3, -0.25) is 0 Å². The molecule has 0 atom stereocenters. The Morgan fingerprint density at radius 3 is 1.75 bits per heavy atom. The maximum absolute atomic E-state index is 13.3. The Labute approximate surface area is 228 Å². The molecule has 0 aliphatic heterocycles. The fourth-order valence-electron chi connectivity index (χ4n) is 4.43. The predicted molar refractivity (Wildman–Crippen MR) is 142 cm³/mol. The second-order valence-electron chi connectivity index (χ2n) is 9.29. The number of urea groups is 1. The van der Waals surface area contributed by atoms with Crippen molar-refractivity contribution in [3.8, 4) is 0 Å². The zero-order valence-electron chi connectivity index (χ0n) is 21.2. The molecule has 0 aromatic heterocycles. The van der Waals surface area contributed by atoms with E-state index in [0.29, 0.717) is 12.0 Å². The smallest absolute Gasteiger partial charge is 0.320 e. The van der Waals surface area contributed by atoms with E-state index in [4.69, 9.17) is 0 Å². The lowest BCUT2D eigenvalue weighted by Crippen LogP contribution is -2.36. The molecule has 0 bridgehead atoms. The standard InChI is InChI=1S/C31H26F6N2O/c32-30(33,34)25-16-14-22(15-17-25)21-39(29(40)38-27-13-7-12-26(20-27)31(35,36)37)19-18-28(23-8-3-1-4-9-23)24-10-5-2-6-11-24/h1-17,20,28H,18-19,21H2,(H,38,40). The summed E-state index contributed by atoms with van der Waals surface area (Å²) >= 11 is 0. The highest BCUT2D eigenvalue weighted by molar-refractivity contribution is 5.89. The number of hydrogen-bond acceptors (Lipinski definition) is 1. The Hall–Kier alpha value is -4.27. The minimum absolute atomic E-state index is 0.0417. The first-order chi connectivity index (χ1) is 19.0. The van der Waals surface area contributed by atoms with Crippen LogP contribution in [-0.4, -0.2) is 17.5 Å². The minimum atomic E-state index is -4.58. The van der Waals surface area contributed by atoms with Gasteiger partial charge >= 0.3 is 18.4 Å². The molecule has 208 valence electrons. The van der Waals surface area contributed by atoms with Gasteiger partial charge in [0.2, 0.25) is 0 Å². The van der Waals surface area contributed by atoms with E-state index in [1.807, 2.05) is 60.7 Å². The van der Waals surface area contributed by atoms with Crippen LogP contribution in [0.2, 0.25) is 0 Å². The van der Waals surface area contributed by atoms with E-state index < -0.39 is 29.5 Å². The van der Waals surface area contributed by atoms with Crippen molar-refractivity contribution in [1.82, 2.24) is 4.90 Å². The summed E-state index contributed by atoms with van der Waals surface area (Å²) in [7, 11) is 0. The van der Waals surface area contributed by atoms with Gasteiger partial charge in [-0.25, -0.2) is 4.79 Å². The van der Waals surface area contributed by atoms with Crippen LogP contribution in [0.3, 0.4) is 0 Å². The van der Waals surface area contributed by atoms with Crippen LogP contribution in [0.5, 0.6) is 0 Å². The highest BCUT2D eigenvalue weighted by Crippen LogP contribution is 2.32. The number of hydrogen-bond donors (Lipinski definition) is 1. The molecule has 0 fully saturated rings. The average Bonchev–Trinajstić information content (AvgIpc) is 2.93. The van der Waals surface area contributed by atoms with E-state index in [1.165, 1.54) is 29.2 Å². The largest absolute Gasteiger partial charge is 0.416 e. The second kappa shape index (κ2) is 12.3. The minimum Gasteiger partial charge on any atom is -0.320 e. The fraction of sp³-hybridized carbons (Fsp3) is 0.194. The zero-order chi connectivity index (χ0) is 28.8. The molecule has 0 aliphatic carbocycles. The molecule has 0 heterocycles. The van der Waals surface area contributed by atoms with Crippen molar-refractivity contribution in [3.05, 3.63) is 137 Å². The van der Waals surface area contributed by atoms with Crippen molar-refractivity contribution in [3.63, 3.8) is 0 Å². The molecule has 0 radical (unpaired) electrons. The maximum Gasteiger partial charge on any atom is 0.416 e. The van der Waals surface area contributed by atoms with Crippen molar-refractivity contribution < 1.29 is 31.1 Å². The first-order valence-electron chi connectivity index (χ1n) is 12.5. The molecule has 1 N–H and O–H groups in total. The van der Waals surface area contributed by atoms with Crippen molar-refractivity contribution in [2.75, 3.05) is 11.9 Å². The number of benzene rings is 4. The van der Waals surface area contributed by atoms with Crippen LogP contribution in [-0.2, 0) is 18.9 Å². The van der Waals surface area contributed by atoms with Gasteiger partial charge in [-0.1, -0.05) is 78.9 Å². The van der Waals surface area contributed by atoms with Gasteiger partial charge in [-0.15, -0.1) is 0 Å². The molecule has 4 aromatic rings. The highest BCUT2D eigenvalue weighted by atomic mass is 19.4. The molecule has 0 unspecified atom stereocenters. The van der Waals surface area contributed by atoms with Crippen LogP contribution in [0, 0.1) is 0 Å². The van der Waals surface area contributed by atoms with Gasteiger partial charge in [-0.05, 0) is 53.4 Å². The molecular formula is C31H26F6N2O. The van der Waals surface area contributed by atoms with Crippen molar-refractivity contribution in [1.29, 1.82) is 0 Å². The van der Waals surface area contributed by atoms with Crippen LogP contribution < -0.4 is 5.32 Å². The van der Waals surface area contributed by atoms with Gasteiger partial charge in [0.25, 0.3) is 0 Å². The van der Waals surface area contributed by atoms with Gasteiger partial charge in [0, 0.05) is 24.7 Å². The average molecular weight is 557 g/mol. The number of halogens is 6. The quantitative estimate of drug-likeness (QED) is 0.216. The molecular weight excluding hydrogens is 530 g/mol. The summed E-state index contributed by atoms with van der Waals surface area (Å²) in [6.07, 6.45) is -8.62. The van der Waals surface area contributed by atoms with E-state index in [-0.39, 0.29) is 24.7 Å². The number of rotatable bonds is 8. The second-order valence-corrected chi connectivity index (χ2v) is 9.29. The Morgan fingerprint density at radius 1 is 0.675 bits per heavy atom. The zero-order valence-corrected chi connectivity index (χ0v) is 21.2. The summed E-state index contributed by atoms with van der Waals surface area (Å²) in [5, 5.41) is 2.52. The van der Waals surface area contributed by atoms with E-state index >= 15 is 0 Å². The van der Waals surface area contributed by atoms with E-state index in [9.17, 15) is 31.1 Å².